The van der Waals surface area contributed by atoms with Gasteiger partial charge in [-0.15, -0.1) is 0 Å². The summed E-state index contributed by atoms with van der Waals surface area (Å²) >= 11 is 0. The van der Waals surface area contributed by atoms with Crippen LogP contribution in [-0.2, 0) is 24.2 Å². The van der Waals surface area contributed by atoms with Gasteiger partial charge >= 0.3 is 5.97 Å². The Kier molecular flexibility index (Phi) is 6.37. The highest BCUT2D eigenvalue weighted by Crippen LogP contribution is 2.33. The minimum absolute atomic E-state index is 0.0261. The second kappa shape index (κ2) is 9.52. The third-order valence-corrected chi connectivity index (χ3v) is 5.49. The zero-order chi connectivity index (χ0) is 21.6. The van der Waals surface area contributed by atoms with E-state index in [4.69, 9.17) is 4.74 Å². The fourth-order valence-electron chi connectivity index (χ4n) is 3.89. The van der Waals surface area contributed by atoms with Crippen molar-refractivity contribution in [1.82, 2.24) is 4.98 Å². The first kappa shape index (κ1) is 20.7. The molecule has 4 aromatic rings. The number of ether oxygens (including phenoxy) is 1. The van der Waals surface area contributed by atoms with E-state index in [1.165, 1.54) is 5.56 Å². The van der Waals surface area contributed by atoms with Gasteiger partial charge in [-0.05, 0) is 53.8 Å². The van der Waals surface area contributed by atoms with Crippen LogP contribution in [0.25, 0.3) is 22.2 Å². The average molecular weight is 414 g/mol. The Bertz CT molecular complexity index is 1180. The van der Waals surface area contributed by atoms with E-state index in [1.807, 2.05) is 54.6 Å². The van der Waals surface area contributed by atoms with Crippen molar-refractivity contribution in [3.63, 3.8) is 0 Å². The molecule has 3 aromatic carbocycles. The summed E-state index contributed by atoms with van der Waals surface area (Å²) in [5.74, 6) is -0.0810. The topological polar surface area (TPSA) is 62.3 Å². The van der Waals surface area contributed by atoms with Crippen LogP contribution in [0.2, 0.25) is 0 Å². The van der Waals surface area contributed by atoms with Gasteiger partial charge in [0.25, 0.3) is 0 Å². The van der Waals surface area contributed by atoms with E-state index in [2.05, 4.69) is 30.1 Å². The van der Waals surface area contributed by atoms with E-state index < -0.39 is 5.97 Å². The van der Waals surface area contributed by atoms with Crippen molar-refractivity contribution in [3.05, 3.63) is 89.5 Å². The first-order valence-electron chi connectivity index (χ1n) is 10.8. The van der Waals surface area contributed by atoms with Crippen LogP contribution in [0.4, 0.5) is 0 Å². The molecule has 0 saturated heterocycles. The third-order valence-electron chi connectivity index (χ3n) is 5.49. The highest BCUT2D eigenvalue weighted by atomic mass is 16.5. The normalized spacial score (nSPS) is 11.0. The largest absolute Gasteiger partial charge is 0.489 e. The molecule has 0 saturated carbocycles. The molecule has 1 aromatic heterocycles. The number of hydrogen-bond donors (Lipinski definition) is 2. The Balaban J connectivity index is 1.68. The van der Waals surface area contributed by atoms with Gasteiger partial charge in [-0.2, -0.15) is 0 Å². The van der Waals surface area contributed by atoms with Gasteiger partial charge in [0.2, 0.25) is 0 Å². The molecule has 0 fully saturated rings. The molecule has 0 aliphatic rings. The second-order valence-electron chi connectivity index (χ2n) is 7.83. The molecule has 0 atom stereocenters. The van der Waals surface area contributed by atoms with Gasteiger partial charge in [0, 0.05) is 16.5 Å². The van der Waals surface area contributed by atoms with Crippen LogP contribution in [-0.4, -0.2) is 16.1 Å². The highest BCUT2D eigenvalue weighted by Gasteiger charge is 2.17. The van der Waals surface area contributed by atoms with Crippen LogP contribution >= 0.6 is 0 Å². The number of fused-ring (bicyclic) bond motifs is 1. The number of benzene rings is 3. The lowest BCUT2D eigenvalue weighted by Gasteiger charge is -2.09. The number of aryl methyl sites for hydroxylation is 1. The summed E-state index contributed by atoms with van der Waals surface area (Å²) in [6.07, 6.45) is 3.23. The summed E-state index contributed by atoms with van der Waals surface area (Å²) < 4.78 is 5.98. The maximum Gasteiger partial charge on any atom is 0.307 e. The van der Waals surface area contributed by atoms with E-state index in [9.17, 15) is 9.90 Å². The fraction of sp³-hybridized carbons (Fsp3) is 0.222. The molecule has 1 heterocycles. The second-order valence-corrected chi connectivity index (χ2v) is 7.83. The molecule has 158 valence electrons. The quantitative estimate of drug-likeness (QED) is 0.334. The van der Waals surface area contributed by atoms with Crippen LogP contribution in [0, 0.1) is 0 Å². The van der Waals surface area contributed by atoms with Crippen LogP contribution in [0.3, 0.4) is 0 Å². The Labute approximate surface area is 182 Å². The summed E-state index contributed by atoms with van der Waals surface area (Å²) in [5.41, 5.74) is 5.89. The molecule has 31 heavy (non-hydrogen) atoms. The molecule has 0 amide bonds. The zero-order valence-corrected chi connectivity index (χ0v) is 17.7. The zero-order valence-electron chi connectivity index (χ0n) is 17.7. The van der Waals surface area contributed by atoms with E-state index >= 15 is 0 Å². The maximum atomic E-state index is 11.6. The van der Waals surface area contributed by atoms with Gasteiger partial charge in [0.05, 0.1) is 12.1 Å². The molecule has 0 aliphatic carbocycles. The minimum Gasteiger partial charge on any atom is -0.489 e. The lowest BCUT2D eigenvalue weighted by Crippen LogP contribution is -2.01. The summed E-state index contributed by atoms with van der Waals surface area (Å²) in [6.45, 7) is 2.66. The molecular weight excluding hydrogens is 386 g/mol. The number of rotatable bonds is 9. The van der Waals surface area contributed by atoms with Gasteiger partial charge in [-0.25, -0.2) is 0 Å². The lowest BCUT2D eigenvalue weighted by molar-refractivity contribution is -0.136. The Morgan fingerprint density at radius 3 is 2.58 bits per heavy atom. The number of unbranched alkanes of at least 4 members (excludes halogenated alkanes) is 1. The fourth-order valence-corrected chi connectivity index (χ4v) is 3.89. The molecule has 0 spiro atoms. The summed E-state index contributed by atoms with van der Waals surface area (Å²) in [7, 11) is 0. The first-order chi connectivity index (χ1) is 15.1. The van der Waals surface area contributed by atoms with E-state index in [0.717, 1.165) is 58.3 Å². The monoisotopic (exact) mass is 413 g/mol. The Hall–Kier alpha value is -3.53. The molecule has 0 radical (unpaired) electrons. The Morgan fingerprint density at radius 1 is 0.968 bits per heavy atom. The number of carboxylic acid groups (broad SMARTS) is 1. The summed E-state index contributed by atoms with van der Waals surface area (Å²) in [6, 6.07) is 24.2. The van der Waals surface area contributed by atoms with Crippen molar-refractivity contribution in [2.45, 2.75) is 39.2 Å². The third kappa shape index (κ3) is 4.97. The van der Waals surface area contributed by atoms with Crippen molar-refractivity contribution < 1.29 is 14.6 Å². The van der Waals surface area contributed by atoms with E-state index in [1.54, 1.807) is 0 Å². The molecule has 0 aliphatic heterocycles. The van der Waals surface area contributed by atoms with Crippen LogP contribution < -0.4 is 4.74 Å². The first-order valence-corrected chi connectivity index (χ1v) is 10.8. The van der Waals surface area contributed by atoms with Crippen molar-refractivity contribution >= 4 is 16.9 Å². The molecular formula is C27H27NO3. The summed E-state index contributed by atoms with van der Waals surface area (Å²) in [4.78, 5) is 15.1. The van der Waals surface area contributed by atoms with Gasteiger partial charge in [-0.3, -0.25) is 4.79 Å². The molecule has 4 heteroatoms. The molecule has 4 rings (SSSR count). The SMILES string of the molecule is CCCCc1ccc2[nH]c(-c3cccc(OCc4ccccc4)c3)c(CC(=O)O)c2c1. The molecule has 4 nitrogen and oxygen atoms in total. The van der Waals surface area contributed by atoms with Crippen LogP contribution in [0.1, 0.15) is 36.5 Å². The smallest absolute Gasteiger partial charge is 0.307 e. The molecule has 0 bridgehead atoms. The minimum atomic E-state index is -0.836. The number of aromatic nitrogens is 1. The lowest BCUT2D eigenvalue weighted by atomic mass is 10.00. The Morgan fingerprint density at radius 2 is 1.81 bits per heavy atom. The highest BCUT2D eigenvalue weighted by molar-refractivity contribution is 5.94. The predicted octanol–water partition coefficient (Wildman–Crippen LogP) is 6.38. The van der Waals surface area contributed by atoms with Gasteiger partial charge in [0.15, 0.2) is 0 Å². The number of aliphatic carboxylic acids is 1. The van der Waals surface area contributed by atoms with Crippen molar-refractivity contribution in [2.24, 2.45) is 0 Å². The van der Waals surface area contributed by atoms with Crippen LogP contribution in [0.15, 0.2) is 72.8 Å². The number of aromatic amines is 1. The van der Waals surface area contributed by atoms with E-state index in [-0.39, 0.29) is 6.42 Å². The van der Waals surface area contributed by atoms with Crippen molar-refractivity contribution in [1.29, 1.82) is 0 Å². The van der Waals surface area contributed by atoms with E-state index in [0.29, 0.717) is 6.61 Å². The average Bonchev–Trinajstić information content (AvgIpc) is 3.14. The summed E-state index contributed by atoms with van der Waals surface area (Å²) in [5, 5.41) is 10.5. The number of carbonyl (C=O) groups is 1. The van der Waals surface area contributed by atoms with Crippen LogP contribution in [0.5, 0.6) is 5.75 Å². The number of nitrogens with one attached hydrogen (secondary N) is 1. The standard InChI is InChI=1S/C27H27NO3/c1-2-3-8-19-13-14-25-23(15-19)24(17-26(29)30)27(28-25)21-11-7-12-22(16-21)31-18-20-9-5-4-6-10-20/h4-7,9-16,28H,2-3,8,17-18H2,1H3,(H,29,30). The maximum absolute atomic E-state index is 11.6. The number of hydrogen-bond acceptors (Lipinski definition) is 2. The number of H-pyrrole nitrogens is 1. The molecule has 2 N–H and O–H groups in total. The molecule has 0 unspecified atom stereocenters. The van der Waals surface area contributed by atoms with Gasteiger partial charge in [-0.1, -0.05) is 61.9 Å². The van der Waals surface area contributed by atoms with Crippen molar-refractivity contribution in [3.8, 4) is 17.0 Å². The van der Waals surface area contributed by atoms with Gasteiger partial charge in [0.1, 0.15) is 12.4 Å². The van der Waals surface area contributed by atoms with Crippen molar-refractivity contribution in [2.75, 3.05) is 0 Å². The predicted molar refractivity (Wildman–Crippen MR) is 124 cm³/mol. The number of carboxylic acids is 1. The van der Waals surface area contributed by atoms with Gasteiger partial charge < -0.3 is 14.8 Å².